The average Bonchev–Trinajstić information content (AvgIpc) is 2.26. The summed E-state index contributed by atoms with van der Waals surface area (Å²) in [5.41, 5.74) is -0.432. The molecule has 1 heterocycles. The Morgan fingerprint density at radius 3 is 2.53 bits per heavy atom. The molecule has 0 unspecified atom stereocenters. The third kappa shape index (κ3) is 4.95. The lowest BCUT2D eigenvalue weighted by Crippen LogP contribution is -2.42. The van der Waals surface area contributed by atoms with Gasteiger partial charge in [-0.2, -0.15) is 0 Å². The van der Waals surface area contributed by atoms with Crippen molar-refractivity contribution in [3.63, 3.8) is 0 Å². The van der Waals surface area contributed by atoms with Crippen LogP contribution in [-0.2, 0) is 9.53 Å². The van der Waals surface area contributed by atoms with Gasteiger partial charge in [-0.15, -0.1) is 0 Å². The predicted molar refractivity (Wildman–Crippen MR) is 68.7 cm³/mol. The monoisotopic (exact) mass is 266 g/mol. The fourth-order valence-corrected chi connectivity index (χ4v) is 1.28. The van der Waals surface area contributed by atoms with Crippen LogP contribution in [0.15, 0.2) is 18.5 Å². The number of aromatic nitrogens is 1. The fraction of sp³-hybridized carbons (Fsp3) is 0.462. The van der Waals surface area contributed by atoms with Crippen LogP contribution in [0.3, 0.4) is 0 Å². The van der Waals surface area contributed by atoms with Gasteiger partial charge >= 0.3 is 5.97 Å². The number of aromatic hydroxyl groups is 1. The number of rotatable bonds is 3. The van der Waals surface area contributed by atoms with Gasteiger partial charge < -0.3 is 15.2 Å². The van der Waals surface area contributed by atoms with Gasteiger partial charge in [0.15, 0.2) is 0 Å². The molecule has 0 aliphatic rings. The van der Waals surface area contributed by atoms with Crippen LogP contribution < -0.4 is 5.32 Å². The Bertz CT molecular complexity index is 480. The van der Waals surface area contributed by atoms with Crippen molar-refractivity contribution >= 4 is 11.9 Å². The van der Waals surface area contributed by atoms with Crippen molar-refractivity contribution in [2.75, 3.05) is 0 Å². The van der Waals surface area contributed by atoms with Gasteiger partial charge in [-0.25, -0.2) is 4.79 Å². The molecular weight excluding hydrogens is 248 g/mol. The lowest BCUT2D eigenvalue weighted by molar-refractivity contribution is -0.156. The summed E-state index contributed by atoms with van der Waals surface area (Å²) in [6.45, 7) is 6.78. The molecule has 0 aliphatic carbocycles. The van der Waals surface area contributed by atoms with E-state index in [1.54, 1.807) is 20.8 Å². The highest BCUT2D eigenvalue weighted by molar-refractivity contribution is 5.96. The smallest absolute Gasteiger partial charge is 0.328 e. The van der Waals surface area contributed by atoms with Crippen LogP contribution in [0, 0.1) is 0 Å². The van der Waals surface area contributed by atoms with Crippen LogP contribution in [0.1, 0.15) is 38.1 Å². The van der Waals surface area contributed by atoms with Crippen molar-refractivity contribution in [1.82, 2.24) is 10.3 Å². The molecule has 6 heteroatoms. The summed E-state index contributed by atoms with van der Waals surface area (Å²) in [5.74, 6) is -1.13. The number of hydrogen-bond donors (Lipinski definition) is 2. The number of pyridine rings is 1. The second kappa shape index (κ2) is 5.69. The molecule has 0 saturated heterocycles. The molecule has 1 rings (SSSR count). The summed E-state index contributed by atoms with van der Waals surface area (Å²) in [5, 5.41) is 11.7. The molecule has 0 aliphatic heterocycles. The van der Waals surface area contributed by atoms with E-state index in [1.165, 1.54) is 25.4 Å². The molecule has 6 nitrogen and oxygen atoms in total. The van der Waals surface area contributed by atoms with E-state index in [0.717, 1.165) is 0 Å². The number of nitrogens with zero attached hydrogens (tertiary/aromatic N) is 1. The first kappa shape index (κ1) is 14.9. The van der Waals surface area contributed by atoms with E-state index in [4.69, 9.17) is 4.74 Å². The lowest BCUT2D eigenvalue weighted by Gasteiger charge is -2.22. The Kier molecular flexibility index (Phi) is 4.47. The Morgan fingerprint density at radius 2 is 2.00 bits per heavy atom. The topological polar surface area (TPSA) is 88.5 Å². The Morgan fingerprint density at radius 1 is 1.37 bits per heavy atom. The predicted octanol–water partition coefficient (Wildman–Crippen LogP) is 1.25. The summed E-state index contributed by atoms with van der Waals surface area (Å²) in [6, 6.07) is 0.485. The molecule has 104 valence electrons. The lowest BCUT2D eigenvalue weighted by atomic mass is 10.2. The van der Waals surface area contributed by atoms with Gasteiger partial charge in [0.25, 0.3) is 5.91 Å². The van der Waals surface area contributed by atoms with Gasteiger partial charge in [-0.1, -0.05) is 0 Å². The standard InChI is InChI=1S/C13H18N2O4/c1-8(12(18)19-13(2,3)4)15-11(17)9-5-10(16)7-14-6-9/h5-8,16H,1-4H3,(H,15,17)/t8-/m1/s1. The Labute approximate surface area is 111 Å². The van der Waals surface area contributed by atoms with Gasteiger partial charge in [0, 0.05) is 6.20 Å². The highest BCUT2D eigenvalue weighted by atomic mass is 16.6. The first-order chi connectivity index (χ1) is 8.69. The normalized spacial score (nSPS) is 12.6. The number of nitrogens with one attached hydrogen (secondary N) is 1. The fourth-order valence-electron chi connectivity index (χ4n) is 1.28. The maximum atomic E-state index is 11.8. The van der Waals surface area contributed by atoms with Gasteiger partial charge in [0.1, 0.15) is 17.4 Å². The van der Waals surface area contributed by atoms with E-state index in [9.17, 15) is 14.7 Å². The van der Waals surface area contributed by atoms with Gasteiger partial charge in [-0.3, -0.25) is 9.78 Å². The molecule has 0 aromatic carbocycles. The van der Waals surface area contributed by atoms with Gasteiger partial charge in [-0.05, 0) is 33.8 Å². The highest BCUT2D eigenvalue weighted by Gasteiger charge is 2.23. The minimum absolute atomic E-state index is 0.113. The van der Waals surface area contributed by atoms with Crippen LogP contribution in [0.2, 0.25) is 0 Å². The summed E-state index contributed by atoms with van der Waals surface area (Å²) < 4.78 is 5.14. The number of carbonyl (C=O) groups excluding carboxylic acids is 2. The van der Waals surface area contributed by atoms with E-state index in [-0.39, 0.29) is 11.3 Å². The van der Waals surface area contributed by atoms with Crippen molar-refractivity contribution in [3.05, 3.63) is 24.0 Å². The number of hydrogen-bond acceptors (Lipinski definition) is 5. The van der Waals surface area contributed by atoms with E-state index in [0.29, 0.717) is 0 Å². The first-order valence-electron chi connectivity index (χ1n) is 5.87. The van der Waals surface area contributed by atoms with Crippen LogP contribution >= 0.6 is 0 Å². The maximum absolute atomic E-state index is 11.8. The van der Waals surface area contributed by atoms with E-state index in [2.05, 4.69) is 10.3 Å². The maximum Gasteiger partial charge on any atom is 0.328 e. The van der Waals surface area contributed by atoms with Crippen LogP contribution in [0.4, 0.5) is 0 Å². The third-order valence-electron chi connectivity index (χ3n) is 2.09. The molecule has 2 N–H and O–H groups in total. The minimum Gasteiger partial charge on any atom is -0.506 e. The van der Waals surface area contributed by atoms with Crippen molar-refractivity contribution in [3.8, 4) is 5.75 Å². The Balaban J connectivity index is 2.64. The average molecular weight is 266 g/mol. The Hall–Kier alpha value is -2.11. The van der Waals surface area contributed by atoms with Crippen molar-refractivity contribution in [2.45, 2.75) is 39.3 Å². The number of esters is 1. The molecule has 0 fully saturated rings. The largest absolute Gasteiger partial charge is 0.506 e. The molecule has 1 atom stereocenters. The summed E-state index contributed by atoms with van der Waals surface area (Å²) in [7, 11) is 0. The second-order valence-corrected chi connectivity index (χ2v) is 5.16. The van der Waals surface area contributed by atoms with Crippen LogP contribution in [0.25, 0.3) is 0 Å². The number of ether oxygens (including phenoxy) is 1. The van der Waals surface area contributed by atoms with E-state index >= 15 is 0 Å². The molecule has 1 amide bonds. The zero-order valence-electron chi connectivity index (χ0n) is 11.4. The molecule has 1 aromatic heterocycles. The second-order valence-electron chi connectivity index (χ2n) is 5.16. The summed E-state index contributed by atoms with van der Waals surface area (Å²) in [6.07, 6.45) is 2.52. The number of carbonyl (C=O) groups is 2. The third-order valence-corrected chi connectivity index (χ3v) is 2.09. The first-order valence-corrected chi connectivity index (χ1v) is 5.87. The molecule has 0 bridgehead atoms. The van der Waals surface area contributed by atoms with Crippen LogP contribution in [0.5, 0.6) is 5.75 Å². The van der Waals surface area contributed by atoms with Crippen molar-refractivity contribution < 1.29 is 19.4 Å². The molecule has 19 heavy (non-hydrogen) atoms. The van der Waals surface area contributed by atoms with Crippen LogP contribution in [-0.4, -0.2) is 33.6 Å². The zero-order chi connectivity index (χ0) is 14.6. The van der Waals surface area contributed by atoms with Crippen molar-refractivity contribution in [2.24, 2.45) is 0 Å². The SMILES string of the molecule is C[C@@H](NC(=O)c1cncc(O)c1)C(=O)OC(C)(C)C. The summed E-state index contributed by atoms with van der Waals surface area (Å²) in [4.78, 5) is 27.2. The number of amides is 1. The van der Waals surface area contributed by atoms with Gasteiger partial charge in [0.2, 0.25) is 0 Å². The molecule has 1 aromatic rings. The minimum atomic E-state index is -0.783. The van der Waals surface area contributed by atoms with Gasteiger partial charge in [0.05, 0.1) is 11.8 Å². The van der Waals surface area contributed by atoms with E-state index < -0.39 is 23.5 Å². The quantitative estimate of drug-likeness (QED) is 0.804. The molecule has 0 spiro atoms. The zero-order valence-corrected chi connectivity index (χ0v) is 11.4. The molecular formula is C13H18N2O4. The van der Waals surface area contributed by atoms with E-state index in [1.807, 2.05) is 0 Å². The highest BCUT2D eigenvalue weighted by Crippen LogP contribution is 2.10. The molecule has 0 saturated carbocycles. The summed E-state index contributed by atoms with van der Waals surface area (Å²) >= 11 is 0. The van der Waals surface area contributed by atoms with Crippen molar-refractivity contribution in [1.29, 1.82) is 0 Å². The molecule has 0 radical (unpaired) electrons.